The van der Waals surface area contributed by atoms with E-state index in [2.05, 4.69) is 12.6 Å². The van der Waals surface area contributed by atoms with E-state index in [1.165, 1.54) is 4.90 Å². The van der Waals surface area contributed by atoms with Crippen LogP contribution in [0.3, 0.4) is 0 Å². The highest BCUT2D eigenvalue weighted by molar-refractivity contribution is 7.79. The third-order valence-corrected chi connectivity index (χ3v) is 6.64. The molecule has 0 unspecified atom stereocenters. The summed E-state index contributed by atoms with van der Waals surface area (Å²) in [5, 5.41) is 100. The van der Waals surface area contributed by atoms with Crippen LogP contribution in [0.2, 0.25) is 0 Å². The quantitative estimate of drug-likeness (QED) is 0.0863. The Bertz CT molecular complexity index is 940. The normalized spacial score (nSPS) is 18.5. The van der Waals surface area contributed by atoms with E-state index in [9.17, 15) is 40.9 Å². The molecule has 0 aliphatic rings. The number of aliphatic hydroxyl groups is 10. The first-order valence-corrected chi connectivity index (χ1v) is 12.8. The summed E-state index contributed by atoms with van der Waals surface area (Å²) in [6.07, 6.45) is -14.1. The topological polar surface area (TPSA) is 215 Å². The number of benzene rings is 2. The zero-order valence-corrected chi connectivity index (χ0v) is 21.7. The Morgan fingerprint density at radius 1 is 0.658 bits per heavy atom. The second-order valence-electron chi connectivity index (χ2n) is 9.21. The van der Waals surface area contributed by atoms with Crippen LogP contribution in [0.1, 0.15) is 5.56 Å². The molecule has 2 aromatic carbocycles. The number of aliphatic hydroxyl groups excluding tert-OH is 10. The van der Waals surface area contributed by atoms with Crippen LogP contribution in [0, 0.1) is 0 Å². The molecule has 12 nitrogen and oxygen atoms in total. The van der Waals surface area contributed by atoms with Gasteiger partial charge in [0, 0.05) is 25.4 Å². The molecule has 0 aliphatic carbocycles. The highest BCUT2D eigenvalue weighted by Crippen LogP contribution is 2.23. The second-order valence-corrected chi connectivity index (χ2v) is 9.52. The fraction of sp³-hybridized carbons (Fsp3) is 0.600. The lowest BCUT2D eigenvalue weighted by Gasteiger charge is -2.33. The Hall–Kier alpha value is -1.59. The van der Waals surface area contributed by atoms with E-state index < -0.39 is 62.0 Å². The van der Waals surface area contributed by atoms with Gasteiger partial charge in [-0.1, -0.05) is 24.3 Å². The molecule has 0 fully saturated rings. The van der Waals surface area contributed by atoms with Gasteiger partial charge in [0.25, 0.3) is 0 Å². The maximum atomic E-state index is 10.4. The van der Waals surface area contributed by atoms with Gasteiger partial charge in [0.2, 0.25) is 0 Å². The van der Waals surface area contributed by atoms with E-state index in [0.717, 1.165) is 16.3 Å². The number of thiol groups is 1. The average molecular weight is 562 g/mol. The predicted molar refractivity (Wildman–Crippen MR) is 141 cm³/mol. The van der Waals surface area contributed by atoms with Gasteiger partial charge in [0.05, 0.1) is 25.4 Å². The molecule has 0 saturated carbocycles. The van der Waals surface area contributed by atoms with Crippen LogP contribution in [0.15, 0.2) is 36.4 Å². The summed E-state index contributed by atoms with van der Waals surface area (Å²) in [6, 6.07) is 11.4. The third kappa shape index (κ3) is 9.26. The van der Waals surface area contributed by atoms with Gasteiger partial charge in [-0.15, -0.1) is 0 Å². The van der Waals surface area contributed by atoms with Crippen molar-refractivity contribution in [3.8, 4) is 5.75 Å². The van der Waals surface area contributed by atoms with Crippen molar-refractivity contribution in [2.75, 3.05) is 39.5 Å². The van der Waals surface area contributed by atoms with Crippen LogP contribution in [-0.4, -0.2) is 144 Å². The monoisotopic (exact) mass is 561 g/mol. The minimum absolute atomic E-state index is 0.0348. The zero-order chi connectivity index (χ0) is 28.4. The number of rotatable bonds is 17. The molecule has 2 aromatic rings. The van der Waals surface area contributed by atoms with Crippen molar-refractivity contribution in [3.63, 3.8) is 0 Å². The summed E-state index contributed by atoms with van der Waals surface area (Å²) in [5.41, 5.74) is 1.03. The van der Waals surface area contributed by atoms with Crippen LogP contribution >= 0.6 is 12.6 Å². The highest BCUT2D eigenvalue weighted by atomic mass is 32.1. The van der Waals surface area contributed by atoms with Crippen molar-refractivity contribution in [1.29, 1.82) is 0 Å². The summed E-state index contributed by atoms with van der Waals surface area (Å²) in [6.45, 7) is -2.36. The zero-order valence-electron chi connectivity index (χ0n) is 20.8. The minimum Gasteiger partial charge on any atom is -0.492 e. The number of hydrogen-bond acceptors (Lipinski definition) is 13. The summed E-state index contributed by atoms with van der Waals surface area (Å²) in [7, 11) is 0. The number of fused-ring (bicyclic) bond motifs is 1. The molecule has 0 aliphatic heterocycles. The van der Waals surface area contributed by atoms with Crippen LogP contribution in [0.4, 0.5) is 0 Å². The first-order chi connectivity index (χ1) is 18.0. The highest BCUT2D eigenvalue weighted by Gasteiger charge is 2.34. The van der Waals surface area contributed by atoms with Gasteiger partial charge in [-0.3, -0.25) is 4.90 Å². The number of hydrogen-bond donors (Lipinski definition) is 11. The Morgan fingerprint density at radius 2 is 1.16 bits per heavy atom. The molecule has 2 rings (SSSR count). The molecule has 0 aromatic heterocycles. The Morgan fingerprint density at radius 3 is 1.66 bits per heavy atom. The van der Waals surface area contributed by atoms with Gasteiger partial charge in [-0.25, -0.2) is 0 Å². The maximum absolute atomic E-state index is 10.4. The molecule has 13 heteroatoms. The maximum Gasteiger partial charge on any atom is 0.120 e. The Balaban J connectivity index is 2.10. The van der Waals surface area contributed by atoms with E-state index in [0.29, 0.717) is 11.5 Å². The first-order valence-electron chi connectivity index (χ1n) is 12.2. The van der Waals surface area contributed by atoms with E-state index in [1.54, 1.807) is 6.07 Å². The molecule has 0 spiro atoms. The van der Waals surface area contributed by atoms with Crippen molar-refractivity contribution in [1.82, 2.24) is 4.90 Å². The minimum atomic E-state index is -1.86. The molecular weight excluding hydrogens is 522 g/mol. The van der Waals surface area contributed by atoms with Gasteiger partial charge in [-0.2, -0.15) is 12.6 Å². The van der Waals surface area contributed by atoms with Crippen molar-refractivity contribution in [3.05, 3.63) is 42.0 Å². The molecule has 216 valence electrons. The summed E-state index contributed by atoms with van der Waals surface area (Å²) in [5.74, 6) is 1.12. The molecule has 0 radical (unpaired) electrons. The summed E-state index contributed by atoms with van der Waals surface area (Å²) < 4.78 is 5.81. The van der Waals surface area contributed by atoms with Crippen molar-refractivity contribution >= 4 is 23.4 Å². The van der Waals surface area contributed by atoms with E-state index in [1.807, 2.05) is 30.3 Å². The Kier molecular flexibility index (Phi) is 13.6. The number of nitrogens with zero attached hydrogens (tertiary/aromatic N) is 1. The van der Waals surface area contributed by atoms with Crippen molar-refractivity contribution in [2.24, 2.45) is 0 Å². The first kappa shape index (κ1) is 32.6. The van der Waals surface area contributed by atoms with E-state index >= 15 is 0 Å². The van der Waals surface area contributed by atoms with Gasteiger partial charge in [0.1, 0.15) is 49.0 Å². The van der Waals surface area contributed by atoms with Gasteiger partial charge in [0.15, 0.2) is 0 Å². The SMILES string of the molecule is OC[C@@H](O)[C@@H](O)[C@H](O)[C@@H](O)CN(CCOc1ccc2ccc(CS)cc2c1)C[C@H](O)[C@@H](O)[C@H](O)[C@H](O)CO. The average Bonchev–Trinajstić information content (AvgIpc) is 2.93. The van der Waals surface area contributed by atoms with Crippen LogP contribution in [-0.2, 0) is 5.75 Å². The molecule has 38 heavy (non-hydrogen) atoms. The second kappa shape index (κ2) is 15.9. The molecule has 10 N–H and O–H groups in total. The summed E-state index contributed by atoms with van der Waals surface area (Å²) >= 11 is 4.28. The van der Waals surface area contributed by atoms with Crippen LogP contribution < -0.4 is 4.74 Å². The molecular formula is C25H39NO11S. The van der Waals surface area contributed by atoms with Gasteiger partial charge >= 0.3 is 0 Å². The van der Waals surface area contributed by atoms with Gasteiger partial charge in [-0.05, 0) is 28.5 Å². The fourth-order valence-electron chi connectivity index (χ4n) is 3.88. The lowest BCUT2D eigenvalue weighted by atomic mass is 10.0. The lowest BCUT2D eigenvalue weighted by molar-refractivity contribution is -0.130. The molecule has 0 saturated heterocycles. The molecule has 0 heterocycles. The number of ether oxygens (including phenoxy) is 1. The van der Waals surface area contributed by atoms with Crippen molar-refractivity contribution in [2.45, 2.75) is 54.6 Å². The fourth-order valence-corrected chi connectivity index (χ4v) is 4.08. The lowest BCUT2D eigenvalue weighted by Crippen LogP contribution is -2.53. The van der Waals surface area contributed by atoms with Crippen molar-refractivity contribution < 1.29 is 55.8 Å². The molecule has 0 bridgehead atoms. The summed E-state index contributed by atoms with van der Waals surface area (Å²) in [4.78, 5) is 1.37. The smallest absolute Gasteiger partial charge is 0.120 e. The predicted octanol–water partition coefficient (Wildman–Crippen LogP) is -3.18. The van der Waals surface area contributed by atoms with E-state index in [4.69, 9.17) is 14.9 Å². The molecule has 8 atom stereocenters. The third-order valence-electron chi connectivity index (χ3n) is 6.28. The van der Waals surface area contributed by atoms with E-state index in [-0.39, 0.29) is 26.2 Å². The van der Waals surface area contributed by atoms with Crippen LogP contribution in [0.25, 0.3) is 10.8 Å². The standard InChI is InChI=1S/C25H39NO11S/c27-11-20(31)24(35)22(33)18(29)9-26(10-19(30)23(34)25(36)21(32)12-28)5-6-37-17-4-3-15-2-1-14(13-38)7-16(15)8-17/h1-4,7-8,18-25,27-36,38H,5-6,9-13H2/t18-,19-,20+,21+,22+,23+,24+,25+/m0/s1. The Labute approximate surface area is 226 Å². The largest absolute Gasteiger partial charge is 0.492 e. The van der Waals surface area contributed by atoms with Crippen LogP contribution in [0.5, 0.6) is 5.75 Å². The van der Waals surface area contributed by atoms with Gasteiger partial charge < -0.3 is 55.8 Å². The molecule has 0 amide bonds.